The number of carboxylic acids is 1. The SMILES string of the molecule is CCC(C(=O)O)n1/c(=N/C(=O)/C=C/c2cnc[nH]2)sc2ccccc21. The molecule has 0 aliphatic rings. The Morgan fingerprint density at radius 2 is 2.24 bits per heavy atom. The smallest absolute Gasteiger partial charge is 0.326 e. The Balaban J connectivity index is 2.08. The van der Waals surface area contributed by atoms with Crippen molar-refractivity contribution in [2.75, 3.05) is 0 Å². The molecule has 128 valence electrons. The van der Waals surface area contributed by atoms with Crippen LogP contribution in [0.2, 0.25) is 0 Å². The highest BCUT2D eigenvalue weighted by atomic mass is 32.1. The number of carbonyl (C=O) groups excluding carboxylic acids is 1. The third-order valence-electron chi connectivity index (χ3n) is 3.65. The molecule has 0 saturated heterocycles. The number of nitrogens with one attached hydrogen (secondary N) is 1. The zero-order chi connectivity index (χ0) is 17.8. The number of aromatic amines is 1. The van der Waals surface area contributed by atoms with Gasteiger partial charge in [0, 0.05) is 6.08 Å². The van der Waals surface area contributed by atoms with Crippen molar-refractivity contribution in [2.24, 2.45) is 4.99 Å². The first kappa shape index (κ1) is 16.8. The highest BCUT2D eigenvalue weighted by Crippen LogP contribution is 2.22. The second kappa shape index (κ2) is 7.27. The summed E-state index contributed by atoms with van der Waals surface area (Å²) < 4.78 is 2.50. The van der Waals surface area contributed by atoms with Crippen molar-refractivity contribution in [3.8, 4) is 0 Å². The average molecular weight is 356 g/mol. The number of hydrogen-bond acceptors (Lipinski definition) is 4. The molecule has 2 N–H and O–H groups in total. The second-order valence-electron chi connectivity index (χ2n) is 5.27. The molecular formula is C17H16N4O3S. The maximum atomic E-state index is 12.2. The molecule has 0 saturated carbocycles. The normalized spacial score (nSPS) is 13.6. The lowest BCUT2D eigenvalue weighted by atomic mass is 10.2. The van der Waals surface area contributed by atoms with Gasteiger partial charge in [0.25, 0.3) is 5.91 Å². The Morgan fingerprint density at radius 1 is 1.44 bits per heavy atom. The number of rotatable bonds is 5. The predicted octanol–water partition coefficient (Wildman–Crippen LogP) is 2.60. The number of carboxylic acid groups (broad SMARTS) is 1. The van der Waals surface area contributed by atoms with Gasteiger partial charge in [0.15, 0.2) is 4.80 Å². The number of fused-ring (bicyclic) bond motifs is 1. The van der Waals surface area contributed by atoms with Crippen LogP contribution in [0, 0.1) is 0 Å². The van der Waals surface area contributed by atoms with Gasteiger partial charge >= 0.3 is 5.97 Å². The Morgan fingerprint density at radius 3 is 2.92 bits per heavy atom. The van der Waals surface area contributed by atoms with E-state index in [1.165, 1.54) is 23.7 Å². The fourth-order valence-electron chi connectivity index (χ4n) is 2.49. The monoisotopic (exact) mass is 356 g/mol. The van der Waals surface area contributed by atoms with Crippen molar-refractivity contribution >= 4 is 39.5 Å². The van der Waals surface area contributed by atoms with Gasteiger partial charge in [-0.15, -0.1) is 0 Å². The third-order valence-corrected chi connectivity index (χ3v) is 4.68. The molecule has 7 nitrogen and oxygen atoms in total. The quantitative estimate of drug-likeness (QED) is 0.686. The number of para-hydroxylation sites is 1. The first-order valence-electron chi connectivity index (χ1n) is 7.68. The molecule has 0 fully saturated rings. The standard InChI is InChI=1S/C17H16N4O3S/c1-2-12(16(23)24)21-13-5-3-4-6-14(13)25-17(21)20-15(22)8-7-11-9-18-10-19-11/h3-10,12H,2H2,1H3,(H,18,19)(H,23,24)/b8-7+,20-17-. The average Bonchev–Trinajstić information content (AvgIpc) is 3.22. The summed E-state index contributed by atoms with van der Waals surface area (Å²) in [6.45, 7) is 1.79. The van der Waals surface area contributed by atoms with Crippen LogP contribution in [0.3, 0.4) is 0 Å². The Bertz CT molecular complexity index is 999. The number of hydrogen-bond donors (Lipinski definition) is 2. The summed E-state index contributed by atoms with van der Waals surface area (Å²) in [6.07, 6.45) is 6.39. The van der Waals surface area contributed by atoms with E-state index in [0.717, 1.165) is 10.2 Å². The largest absolute Gasteiger partial charge is 0.480 e. The third kappa shape index (κ3) is 3.58. The molecule has 0 spiro atoms. The molecule has 1 aromatic carbocycles. The van der Waals surface area contributed by atoms with Crippen molar-refractivity contribution < 1.29 is 14.7 Å². The summed E-state index contributed by atoms with van der Waals surface area (Å²) in [7, 11) is 0. The van der Waals surface area contributed by atoms with Crippen LogP contribution < -0.4 is 4.80 Å². The lowest BCUT2D eigenvalue weighted by molar-refractivity contribution is -0.141. The topological polar surface area (TPSA) is 100 Å². The molecule has 2 heterocycles. The van der Waals surface area contributed by atoms with E-state index in [1.807, 2.05) is 24.3 Å². The van der Waals surface area contributed by atoms with Gasteiger partial charge in [-0.25, -0.2) is 9.78 Å². The van der Waals surface area contributed by atoms with Crippen molar-refractivity contribution in [2.45, 2.75) is 19.4 Å². The maximum absolute atomic E-state index is 12.2. The number of carbonyl (C=O) groups is 2. The van der Waals surface area contributed by atoms with Gasteiger partial charge in [-0.1, -0.05) is 30.4 Å². The van der Waals surface area contributed by atoms with Crippen LogP contribution in [-0.2, 0) is 9.59 Å². The van der Waals surface area contributed by atoms with E-state index in [4.69, 9.17) is 0 Å². The number of amides is 1. The fourth-order valence-corrected chi connectivity index (χ4v) is 3.56. The lowest BCUT2D eigenvalue weighted by Gasteiger charge is -2.13. The highest BCUT2D eigenvalue weighted by molar-refractivity contribution is 7.16. The van der Waals surface area contributed by atoms with E-state index < -0.39 is 17.9 Å². The maximum Gasteiger partial charge on any atom is 0.326 e. The molecule has 8 heteroatoms. The first-order valence-corrected chi connectivity index (χ1v) is 8.50. The zero-order valence-electron chi connectivity index (χ0n) is 13.4. The molecule has 1 unspecified atom stereocenters. The van der Waals surface area contributed by atoms with E-state index in [-0.39, 0.29) is 0 Å². The predicted molar refractivity (Wildman–Crippen MR) is 95.0 cm³/mol. The molecule has 2 aromatic heterocycles. The van der Waals surface area contributed by atoms with Crippen molar-refractivity contribution in [1.82, 2.24) is 14.5 Å². The number of nitrogens with zero attached hydrogens (tertiary/aromatic N) is 3. The summed E-state index contributed by atoms with van der Waals surface area (Å²) >= 11 is 1.29. The van der Waals surface area contributed by atoms with Gasteiger partial charge in [-0.3, -0.25) is 4.79 Å². The van der Waals surface area contributed by atoms with Crippen LogP contribution in [0.1, 0.15) is 25.1 Å². The number of aromatic nitrogens is 3. The molecule has 3 rings (SSSR count). The summed E-state index contributed by atoms with van der Waals surface area (Å²) in [5.41, 5.74) is 1.44. The molecule has 0 bridgehead atoms. The number of imidazole rings is 1. The van der Waals surface area contributed by atoms with Crippen LogP contribution in [-0.4, -0.2) is 31.5 Å². The van der Waals surface area contributed by atoms with E-state index in [9.17, 15) is 14.7 Å². The highest BCUT2D eigenvalue weighted by Gasteiger charge is 2.21. The first-order chi connectivity index (χ1) is 12.1. The minimum Gasteiger partial charge on any atom is -0.480 e. The number of aliphatic carboxylic acids is 1. The molecule has 1 atom stereocenters. The van der Waals surface area contributed by atoms with Gasteiger partial charge < -0.3 is 14.7 Å². The summed E-state index contributed by atoms with van der Waals surface area (Å²) in [5, 5.41) is 9.52. The van der Waals surface area contributed by atoms with Crippen LogP contribution in [0.4, 0.5) is 0 Å². The van der Waals surface area contributed by atoms with Crippen molar-refractivity contribution in [1.29, 1.82) is 0 Å². The molecule has 3 aromatic rings. The minimum absolute atomic E-state index is 0.370. The van der Waals surface area contributed by atoms with Gasteiger partial charge in [0.2, 0.25) is 0 Å². The van der Waals surface area contributed by atoms with Crippen LogP contribution in [0.5, 0.6) is 0 Å². The van der Waals surface area contributed by atoms with Gasteiger partial charge in [-0.2, -0.15) is 4.99 Å². The van der Waals surface area contributed by atoms with Gasteiger partial charge in [-0.05, 0) is 24.6 Å². The number of thiazole rings is 1. The Hall–Kier alpha value is -3.00. The van der Waals surface area contributed by atoms with Crippen molar-refractivity contribution in [3.63, 3.8) is 0 Å². The van der Waals surface area contributed by atoms with E-state index in [2.05, 4.69) is 15.0 Å². The Labute approximate surface area is 147 Å². The molecule has 25 heavy (non-hydrogen) atoms. The fraction of sp³-hybridized carbons (Fsp3) is 0.176. The number of benzene rings is 1. The zero-order valence-corrected chi connectivity index (χ0v) is 14.2. The van der Waals surface area contributed by atoms with Gasteiger partial charge in [0.05, 0.1) is 28.4 Å². The second-order valence-corrected chi connectivity index (χ2v) is 6.28. The number of H-pyrrole nitrogens is 1. The van der Waals surface area contributed by atoms with Crippen LogP contribution in [0.15, 0.2) is 47.9 Å². The van der Waals surface area contributed by atoms with Crippen LogP contribution >= 0.6 is 11.3 Å². The molecule has 1 amide bonds. The molecule has 0 aliphatic heterocycles. The van der Waals surface area contributed by atoms with Gasteiger partial charge in [0.1, 0.15) is 6.04 Å². The summed E-state index contributed by atoms with van der Waals surface area (Å²) in [6, 6.07) is 6.65. The van der Waals surface area contributed by atoms with E-state index in [1.54, 1.807) is 23.8 Å². The summed E-state index contributed by atoms with van der Waals surface area (Å²) in [5.74, 6) is -1.41. The molecular weight excluding hydrogens is 340 g/mol. The van der Waals surface area contributed by atoms with Crippen molar-refractivity contribution in [3.05, 3.63) is 53.4 Å². The van der Waals surface area contributed by atoms with Crippen LogP contribution in [0.25, 0.3) is 16.3 Å². The molecule has 0 aliphatic carbocycles. The summed E-state index contributed by atoms with van der Waals surface area (Å²) in [4.78, 5) is 35.0. The Kier molecular flexibility index (Phi) is 4.90. The minimum atomic E-state index is -0.951. The van der Waals surface area contributed by atoms with E-state index in [0.29, 0.717) is 16.9 Å². The van der Waals surface area contributed by atoms with E-state index >= 15 is 0 Å². The molecule has 0 radical (unpaired) electrons. The lowest BCUT2D eigenvalue weighted by Crippen LogP contribution is -2.27.